The number of rotatable bonds is 3. The third-order valence-electron chi connectivity index (χ3n) is 3.40. The van der Waals surface area contributed by atoms with Crippen LogP contribution in [0, 0.1) is 6.92 Å². The van der Waals surface area contributed by atoms with Crippen molar-refractivity contribution < 1.29 is 0 Å². The molecule has 1 aromatic rings. The predicted molar refractivity (Wildman–Crippen MR) is 70.6 cm³/mol. The number of piperazine rings is 1. The molecule has 0 spiro atoms. The van der Waals surface area contributed by atoms with Gasteiger partial charge in [0, 0.05) is 37.9 Å². The van der Waals surface area contributed by atoms with Crippen LogP contribution in [0.25, 0.3) is 0 Å². The van der Waals surface area contributed by atoms with Crippen LogP contribution in [0.5, 0.6) is 0 Å². The maximum atomic E-state index is 4.56. The monoisotopic (exact) mass is 234 g/mol. The van der Waals surface area contributed by atoms with Crippen molar-refractivity contribution in [1.29, 1.82) is 0 Å². The van der Waals surface area contributed by atoms with Crippen molar-refractivity contribution in [2.75, 3.05) is 31.1 Å². The minimum atomic E-state index is 0.512. The molecule has 0 radical (unpaired) electrons. The smallest absolute Gasteiger partial charge is 0.132 e. The van der Waals surface area contributed by atoms with E-state index in [9.17, 15) is 0 Å². The maximum absolute atomic E-state index is 4.56. The molecule has 4 heteroatoms. The fraction of sp³-hybridized carbons (Fsp3) is 0.692. The van der Waals surface area contributed by atoms with Gasteiger partial charge in [0.05, 0.1) is 0 Å². The first-order chi connectivity index (χ1) is 8.20. The molecule has 2 rings (SSSR count). The zero-order chi connectivity index (χ0) is 12.3. The summed E-state index contributed by atoms with van der Waals surface area (Å²) >= 11 is 0. The number of anilines is 1. The maximum Gasteiger partial charge on any atom is 0.132 e. The first-order valence-electron chi connectivity index (χ1n) is 6.52. The van der Waals surface area contributed by atoms with E-state index >= 15 is 0 Å². The van der Waals surface area contributed by atoms with Gasteiger partial charge in [-0.05, 0) is 19.3 Å². The Bertz CT molecular complexity index is 372. The molecule has 0 unspecified atom stereocenters. The highest BCUT2D eigenvalue weighted by Crippen LogP contribution is 2.21. The van der Waals surface area contributed by atoms with Crippen LogP contribution < -0.4 is 10.2 Å². The normalized spacial score (nSPS) is 18.2. The molecule has 1 fully saturated rings. The summed E-state index contributed by atoms with van der Waals surface area (Å²) in [6.45, 7) is 10.6. The summed E-state index contributed by atoms with van der Waals surface area (Å²) in [6.07, 6.45) is 1.12. The van der Waals surface area contributed by atoms with Gasteiger partial charge < -0.3 is 10.2 Å². The quantitative estimate of drug-likeness (QED) is 0.864. The Labute approximate surface area is 103 Å². The van der Waals surface area contributed by atoms with E-state index < -0.39 is 0 Å². The van der Waals surface area contributed by atoms with Crippen LogP contribution >= 0.6 is 0 Å². The lowest BCUT2D eigenvalue weighted by molar-refractivity contribution is 0.582. The van der Waals surface area contributed by atoms with E-state index in [4.69, 9.17) is 0 Å². The Morgan fingerprint density at radius 1 is 1.35 bits per heavy atom. The van der Waals surface area contributed by atoms with Gasteiger partial charge in [-0.25, -0.2) is 9.97 Å². The highest BCUT2D eigenvalue weighted by atomic mass is 15.2. The minimum Gasteiger partial charge on any atom is -0.354 e. The van der Waals surface area contributed by atoms with E-state index in [1.165, 1.54) is 5.69 Å². The van der Waals surface area contributed by atoms with Gasteiger partial charge >= 0.3 is 0 Å². The first-order valence-corrected chi connectivity index (χ1v) is 6.52. The zero-order valence-electron chi connectivity index (χ0n) is 11.0. The number of nitrogens with zero attached hydrogens (tertiary/aromatic N) is 3. The van der Waals surface area contributed by atoms with Crippen molar-refractivity contribution in [2.45, 2.75) is 33.1 Å². The Balaban J connectivity index is 2.24. The Hall–Kier alpha value is -1.16. The predicted octanol–water partition coefficient (Wildman–Crippen LogP) is 1.71. The molecular weight excluding hydrogens is 212 g/mol. The number of aryl methyl sites for hydroxylation is 1. The highest BCUT2D eigenvalue weighted by Gasteiger charge is 2.15. The Kier molecular flexibility index (Phi) is 3.94. The number of hydrogen-bond acceptors (Lipinski definition) is 4. The second-order valence-electron chi connectivity index (χ2n) is 4.74. The van der Waals surface area contributed by atoms with E-state index in [0.29, 0.717) is 5.92 Å². The summed E-state index contributed by atoms with van der Waals surface area (Å²) in [6, 6.07) is 2.16. The summed E-state index contributed by atoms with van der Waals surface area (Å²) in [5.74, 6) is 2.49. The van der Waals surface area contributed by atoms with E-state index in [1.807, 2.05) is 6.92 Å². The van der Waals surface area contributed by atoms with Crippen molar-refractivity contribution in [3.63, 3.8) is 0 Å². The SMILES string of the molecule is CC[C@@H](C)c1cc(N2CCNCC2)nc(C)n1. The van der Waals surface area contributed by atoms with Crippen LogP contribution in [0.1, 0.15) is 37.7 Å². The van der Waals surface area contributed by atoms with Crippen LogP contribution in [-0.2, 0) is 0 Å². The Morgan fingerprint density at radius 2 is 2.06 bits per heavy atom. The molecule has 0 aliphatic carbocycles. The average Bonchev–Trinajstić information content (AvgIpc) is 2.38. The third kappa shape index (κ3) is 2.94. The van der Waals surface area contributed by atoms with Crippen LogP contribution in [0.2, 0.25) is 0 Å². The summed E-state index contributed by atoms with van der Waals surface area (Å²) in [7, 11) is 0. The van der Waals surface area contributed by atoms with Crippen molar-refractivity contribution in [1.82, 2.24) is 15.3 Å². The second kappa shape index (κ2) is 5.45. The molecule has 1 atom stereocenters. The van der Waals surface area contributed by atoms with Gasteiger partial charge in [0.15, 0.2) is 0 Å². The largest absolute Gasteiger partial charge is 0.354 e. The fourth-order valence-electron chi connectivity index (χ4n) is 2.09. The fourth-order valence-corrected chi connectivity index (χ4v) is 2.09. The van der Waals surface area contributed by atoms with Crippen molar-refractivity contribution >= 4 is 5.82 Å². The molecule has 0 amide bonds. The van der Waals surface area contributed by atoms with E-state index in [0.717, 1.165) is 44.2 Å². The van der Waals surface area contributed by atoms with Gasteiger partial charge in [0.2, 0.25) is 0 Å². The van der Waals surface area contributed by atoms with Crippen LogP contribution in [0.15, 0.2) is 6.07 Å². The van der Waals surface area contributed by atoms with Gasteiger partial charge in [-0.2, -0.15) is 0 Å². The van der Waals surface area contributed by atoms with Crippen molar-refractivity contribution in [3.8, 4) is 0 Å². The molecule has 17 heavy (non-hydrogen) atoms. The highest BCUT2D eigenvalue weighted by molar-refractivity contribution is 5.41. The van der Waals surface area contributed by atoms with E-state index in [1.54, 1.807) is 0 Å². The summed E-state index contributed by atoms with van der Waals surface area (Å²) < 4.78 is 0. The molecule has 1 aliphatic rings. The molecule has 1 N–H and O–H groups in total. The number of hydrogen-bond donors (Lipinski definition) is 1. The van der Waals surface area contributed by atoms with Crippen LogP contribution in [0.4, 0.5) is 5.82 Å². The van der Waals surface area contributed by atoms with Gasteiger partial charge in [0.1, 0.15) is 11.6 Å². The minimum absolute atomic E-state index is 0.512. The summed E-state index contributed by atoms with van der Waals surface area (Å²) in [4.78, 5) is 11.5. The summed E-state index contributed by atoms with van der Waals surface area (Å²) in [5, 5.41) is 3.36. The molecule has 0 saturated carbocycles. The topological polar surface area (TPSA) is 41.0 Å². The molecule has 1 saturated heterocycles. The molecule has 2 heterocycles. The summed E-state index contributed by atoms with van der Waals surface area (Å²) in [5.41, 5.74) is 1.17. The van der Waals surface area contributed by atoms with Crippen molar-refractivity contribution in [3.05, 3.63) is 17.6 Å². The average molecular weight is 234 g/mol. The lowest BCUT2D eigenvalue weighted by atomic mass is 10.0. The van der Waals surface area contributed by atoms with Crippen LogP contribution in [0.3, 0.4) is 0 Å². The molecule has 4 nitrogen and oxygen atoms in total. The van der Waals surface area contributed by atoms with E-state index in [2.05, 4.69) is 40.1 Å². The second-order valence-corrected chi connectivity index (χ2v) is 4.74. The van der Waals surface area contributed by atoms with Gasteiger partial charge in [-0.1, -0.05) is 13.8 Å². The molecule has 1 aromatic heterocycles. The molecule has 94 valence electrons. The zero-order valence-corrected chi connectivity index (χ0v) is 11.0. The lowest BCUT2D eigenvalue weighted by Crippen LogP contribution is -2.44. The van der Waals surface area contributed by atoms with Gasteiger partial charge in [-0.3, -0.25) is 0 Å². The Morgan fingerprint density at radius 3 is 2.71 bits per heavy atom. The molecular formula is C13H22N4. The van der Waals surface area contributed by atoms with E-state index in [-0.39, 0.29) is 0 Å². The number of aromatic nitrogens is 2. The lowest BCUT2D eigenvalue weighted by Gasteiger charge is -2.29. The van der Waals surface area contributed by atoms with Gasteiger partial charge in [0.25, 0.3) is 0 Å². The number of nitrogens with one attached hydrogen (secondary N) is 1. The van der Waals surface area contributed by atoms with Gasteiger partial charge in [-0.15, -0.1) is 0 Å². The van der Waals surface area contributed by atoms with Crippen LogP contribution in [-0.4, -0.2) is 36.1 Å². The van der Waals surface area contributed by atoms with Crippen molar-refractivity contribution in [2.24, 2.45) is 0 Å². The molecule has 0 bridgehead atoms. The standard InChI is InChI=1S/C13H22N4/c1-4-10(2)12-9-13(16-11(3)15-12)17-7-5-14-6-8-17/h9-10,14H,4-8H2,1-3H3/t10-/m1/s1. The molecule has 0 aromatic carbocycles. The first kappa shape index (κ1) is 12.3. The molecule has 1 aliphatic heterocycles. The third-order valence-corrected chi connectivity index (χ3v) is 3.40.